The molecule has 0 amide bonds. The molecule has 0 aromatic rings. The monoisotopic (exact) mass is 362 g/mol. The number of aliphatic hydroxyl groups is 2. The fourth-order valence-corrected chi connectivity index (χ4v) is 4.30. The number of rotatable bonds is 4. The van der Waals surface area contributed by atoms with Gasteiger partial charge in [0.1, 0.15) is 0 Å². The Balaban J connectivity index is 2.91. The van der Waals surface area contributed by atoms with E-state index in [4.69, 9.17) is 18.7 Å². The second-order valence-electron chi connectivity index (χ2n) is 3.18. The molecule has 0 radical (unpaired) electrons. The molecule has 1 heterocycles. The zero-order valence-electron chi connectivity index (χ0n) is 8.03. The van der Waals surface area contributed by atoms with Crippen LogP contribution in [0.25, 0.3) is 0 Å². The van der Waals surface area contributed by atoms with Crippen LogP contribution in [0, 0.1) is 0 Å². The summed E-state index contributed by atoms with van der Waals surface area (Å²) in [6.45, 7) is 0. The van der Waals surface area contributed by atoms with Gasteiger partial charge in [0, 0.05) is 0 Å². The normalized spacial score (nSPS) is 36.4. The summed E-state index contributed by atoms with van der Waals surface area (Å²) in [5.41, 5.74) is 0. The molecule has 1 aliphatic rings. The van der Waals surface area contributed by atoms with Crippen molar-refractivity contribution in [3.8, 4) is 0 Å². The van der Waals surface area contributed by atoms with E-state index < -0.39 is 56.4 Å². The number of aliphatic carboxylic acids is 2. The molecule has 5 N–H and O–H groups in total. The average molecular weight is 363 g/mol. The number of carboxylic acids is 2. The van der Waals surface area contributed by atoms with E-state index in [0.29, 0.717) is 0 Å². The van der Waals surface area contributed by atoms with Crippen LogP contribution in [0.15, 0.2) is 0 Å². The predicted molar refractivity (Wildman–Crippen MR) is 45.7 cm³/mol. The van der Waals surface area contributed by atoms with E-state index in [2.05, 4.69) is 6.03 Å². The van der Waals surface area contributed by atoms with Gasteiger partial charge in [-0.1, -0.05) is 0 Å². The van der Waals surface area contributed by atoms with Gasteiger partial charge in [-0.3, -0.25) is 0 Å². The molecule has 0 aromatic carbocycles. The fourth-order valence-electron chi connectivity index (χ4n) is 1.19. The Bertz CT molecular complexity index is 379. The van der Waals surface area contributed by atoms with Gasteiger partial charge in [0.15, 0.2) is 0 Å². The average Bonchev–Trinajstić information content (AvgIpc) is 2.52. The summed E-state index contributed by atoms with van der Waals surface area (Å²) < 4.78 is 28.4. The summed E-state index contributed by atoms with van der Waals surface area (Å²) in [6, 6.07) is 0. The second-order valence-corrected chi connectivity index (χ2v) is 7.05. The molecular weight excluding hydrogens is 354 g/mol. The first-order chi connectivity index (χ1) is 7.65. The molecule has 98 valence electrons. The van der Waals surface area contributed by atoms with Crippen LogP contribution < -0.4 is 0 Å². The molecule has 1 saturated heterocycles. The van der Waals surface area contributed by atoms with E-state index >= 15 is 0 Å². The molecule has 17 heavy (non-hydrogen) atoms. The number of aliphatic hydroxyl groups excluding tert-OH is 2. The Labute approximate surface area is 99.1 Å². The Morgan fingerprint density at radius 2 is 1.71 bits per heavy atom. The Hall–Kier alpha value is -0.642. The van der Waals surface area contributed by atoms with Gasteiger partial charge in [-0.2, -0.15) is 0 Å². The van der Waals surface area contributed by atoms with E-state index in [9.17, 15) is 17.7 Å². The van der Waals surface area contributed by atoms with Gasteiger partial charge < -0.3 is 0 Å². The van der Waals surface area contributed by atoms with Gasteiger partial charge in [0.05, 0.1) is 0 Å². The van der Waals surface area contributed by atoms with E-state index in [1.165, 1.54) is 0 Å². The molecule has 11 heteroatoms. The third-order valence-electron chi connectivity index (χ3n) is 1.96. The molecule has 0 aliphatic carbocycles. The summed E-state index contributed by atoms with van der Waals surface area (Å²) in [5.74, 6) is -3.55. The minimum atomic E-state index is -5.60. The van der Waals surface area contributed by atoms with Crippen LogP contribution in [-0.2, 0) is 18.6 Å². The summed E-state index contributed by atoms with van der Waals surface area (Å²) in [6.07, 6.45) is -8.49. The third-order valence-corrected chi connectivity index (χ3v) is 4.82. The first kappa shape index (κ1) is 14.4. The van der Waals surface area contributed by atoms with Crippen LogP contribution >= 0.6 is 0 Å². The summed E-state index contributed by atoms with van der Waals surface area (Å²) in [4.78, 5) is 21.0. The Morgan fingerprint density at radius 1 is 1.18 bits per heavy atom. The number of hydrogen-bond acceptors (Lipinski definition) is 7. The van der Waals surface area contributed by atoms with E-state index in [0.717, 1.165) is 0 Å². The molecule has 0 saturated carbocycles. The molecule has 0 aromatic heterocycles. The van der Waals surface area contributed by atoms with Gasteiger partial charge in [-0.25, -0.2) is 0 Å². The zero-order chi connectivity index (χ0) is 13.4. The third kappa shape index (κ3) is 3.18. The molecule has 10 nitrogen and oxygen atoms in total. The fraction of sp³-hybridized carbons (Fsp3) is 0.667. The maximum atomic E-state index is 11.0. The second kappa shape index (κ2) is 4.92. The molecular formula is C6H9O10Sb. The van der Waals surface area contributed by atoms with E-state index in [1.54, 1.807) is 0 Å². The Kier molecular flexibility index (Phi) is 4.18. The Morgan fingerprint density at radius 3 is 2.12 bits per heavy atom. The number of carboxylic acid groups (broad SMARTS) is 2. The van der Waals surface area contributed by atoms with Crippen molar-refractivity contribution in [2.45, 2.75) is 24.4 Å². The van der Waals surface area contributed by atoms with Crippen molar-refractivity contribution in [2.24, 2.45) is 0 Å². The van der Waals surface area contributed by atoms with Crippen LogP contribution in [0.2, 0.25) is 0 Å². The summed E-state index contributed by atoms with van der Waals surface area (Å²) in [7, 11) is 0. The maximum absolute atomic E-state index is 11.0. The molecule has 5 atom stereocenters. The van der Waals surface area contributed by atoms with Crippen LogP contribution in [0.1, 0.15) is 0 Å². The van der Waals surface area contributed by atoms with Crippen molar-refractivity contribution in [3.05, 3.63) is 0 Å². The van der Waals surface area contributed by atoms with Gasteiger partial charge >= 0.3 is 98.9 Å². The first-order valence-electron chi connectivity index (χ1n) is 4.17. The quantitative estimate of drug-likeness (QED) is 0.316. The SMILES string of the molecule is O=C(O)C(O)C(O)C1[O][Sb](=[O])([OH])[O]C1C(=O)O. The zero-order valence-corrected chi connectivity index (χ0v) is 10.6. The van der Waals surface area contributed by atoms with Gasteiger partial charge in [-0.15, -0.1) is 0 Å². The van der Waals surface area contributed by atoms with Crippen molar-refractivity contribution in [1.82, 2.24) is 0 Å². The predicted octanol–water partition coefficient (Wildman–Crippen LogP) is -3.48. The number of carbonyl (C=O) groups is 2. The van der Waals surface area contributed by atoms with Gasteiger partial charge in [-0.05, 0) is 0 Å². The van der Waals surface area contributed by atoms with E-state index in [1.807, 2.05) is 0 Å². The van der Waals surface area contributed by atoms with Crippen molar-refractivity contribution >= 4 is 32.0 Å². The topological polar surface area (TPSA) is 171 Å². The number of hydrogen-bond donors (Lipinski definition) is 5. The van der Waals surface area contributed by atoms with Crippen LogP contribution in [0.5, 0.6) is 0 Å². The molecule has 1 aliphatic heterocycles. The molecule has 5 unspecified atom stereocenters. The van der Waals surface area contributed by atoms with Crippen LogP contribution in [0.4, 0.5) is 0 Å². The minimum absolute atomic E-state index is 1.72. The molecule has 0 spiro atoms. The van der Waals surface area contributed by atoms with Gasteiger partial charge in [0.2, 0.25) is 0 Å². The molecule has 1 fully saturated rings. The van der Waals surface area contributed by atoms with Crippen LogP contribution in [0.3, 0.4) is 0 Å². The van der Waals surface area contributed by atoms with E-state index in [-0.39, 0.29) is 0 Å². The molecule has 1 rings (SSSR count). The summed E-state index contributed by atoms with van der Waals surface area (Å²) in [5, 5.41) is 35.3. The van der Waals surface area contributed by atoms with Gasteiger partial charge in [0.25, 0.3) is 0 Å². The van der Waals surface area contributed by atoms with Crippen molar-refractivity contribution in [2.75, 3.05) is 0 Å². The summed E-state index contributed by atoms with van der Waals surface area (Å²) >= 11 is -5.60. The molecule has 0 bridgehead atoms. The van der Waals surface area contributed by atoms with Crippen molar-refractivity contribution in [3.63, 3.8) is 0 Å². The first-order valence-corrected chi connectivity index (χ1v) is 8.44. The van der Waals surface area contributed by atoms with Crippen molar-refractivity contribution in [1.29, 1.82) is 0 Å². The van der Waals surface area contributed by atoms with Crippen molar-refractivity contribution < 1.29 is 42.4 Å². The van der Waals surface area contributed by atoms with Crippen LogP contribution in [-0.4, -0.2) is 80.2 Å². The standard InChI is InChI=1S/C6H8O8.H2O.O.Sb/c7-1(3(9)5(11)12)2(8)4(10)6(13)14;;;/h1-4,7,9H,(H,11,12)(H,13,14);1H2;;/q-2;;;+3/p-1.